The van der Waals surface area contributed by atoms with Crippen molar-refractivity contribution in [3.05, 3.63) is 24.3 Å². The van der Waals surface area contributed by atoms with Gasteiger partial charge >= 0.3 is 0 Å². The van der Waals surface area contributed by atoms with Crippen LogP contribution < -0.4 is 9.64 Å². The Balaban J connectivity index is 1.90. The van der Waals surface area contributed by atoms with Crippen LogP contribution >= 0.6 is 0 Å². The maximum Gasteiger partial charge on any atom is 0.238 e. The van der Waals surface area contributed by atoms with Gasteiger partial charge in [0.05, 0.1) is 19.9 Å². The lowest BCUT2D eigenvalue weighted by Crippen LogP contribution is -2.51. The number of rotatable bonds is 8. The smallest absolute Gasteiger partial charge is 0.238 e. The van der Waals surface area contributed by atoms with Crippen molar-refractivity contribution in [2.45, 2.75) is 19.8 Å². The van der Waals surface area contributed by atoms with E-state index < -0.39 is 10.0 Å². The first-order chi connectivity index (χ1) is 12.3. The molecule has 0 N–H and O–H groups in total. The number of methoxy groups -OCH3 is 1. The molecule has 0 radical (unpaired) electrons. The minimum atomic E-state index is -3.37. The van der Waals surface area contributed by atoms with Gasteiger partial charge in [-0.1, -0.05) is 13.3 Å². The van der Waals surface area contributed by atoms with E-state index in [2.05, 4.69) is 4.90 Å². The Hall–Kier alpha value is -1.80. The molecule has 1 aromatic rings. The molecule has 0 aromatic heterocycles. The fourth-order valence-corrected chi connectivity index (χ4v) is 3.76. The molecule has 1 aromatic carbocycles. The molecule has 1 heterocycles. The first-order valence-electron chi connectivity index (χ1n) is 8.97. The SMILES string of the molecule is CCCCN(CC(=O)N1CCN(c2ccc(OC)cc2)CC1)S(C)(=O)=O. The van der Waals surface area contributed by atoms with E-state index in [4.69, 9.17) is 4.74 Å². The van der Waals surface area contributed by atoms with Gasteiger partial charge in [-0.3, -0.25) is 4.79 Å². The summed E-state index contributed by atoms with van der Waals surface area (Å²) in [6, 6.07) is 7.86. The first kappa shape index (κ1) is 20.5. The molecular weight excluding hydrogens is 354 g/mol. The molecule has 0 atom stereocenters. The zero-order chi connectivity index (χ0) is 19.2. The normalized spacial score (nSPS) is 15.4. The van der Waals surface area contributed by atoms with Gasteiger partial charge in [-0.25, -0.2) is 8.42 Å². The molecule has 1 amide bonds. The summed E-state index contributed by atoms with van der Waals surface area (Å²) in [5.74, 6) is 0.691. The van der Waals surface area contributed by atoms with Gasteiger partial charge in [0.15, 0.2) is 0 Å². The second-order valence-corrected chi connectivity index (χ2v) is 8.50. The molecule has 146 valence electrons. The minimum absolute atomic E-state index is 0.0681. The minimum Gasteiger partial charge on any atom is -0.497 e. The van der Waals surface area contributed by atoms with Gasteiger partial charge in [-0.2, -0.15) is 4.31 Å². The molecule has 1 aliphatic heterocycles. The summed E-state index contributed by atoms with van der Waals surface area (Å²) in [4.78, 5) is 16.5. The van der Waals surface area contributed by atoms with Crippen LogP contribution in [0.3, 0.4) is 0 Å². The number of carbonyl (C=O) groups is 1. The third kappa shape index (κ3) is 5.60. The Bertz CT molecular complexity index is 683. The molecule has 0 spiro atoms. The van der Waals surface area contributed by atoms with Crippen molar-refractivity contribution < 1.29 is 17.9 Å². The fraction of sp³-hybridized carbons (Fsp3) is 0.611. The first-order valence-corrected chi connectivity index (χ1v) is 10.8. The molecule has 26 heavy (non-hydrogen) atoms. The summed E-state index contributed by atoms with van der Waals surface area (Å²) in [6.45, 7) is 4.97. The van der Waals surface area contributed by atoms with E-state index in [9.17, 15) is 13.2 Å². The highest BCUT2D eigenvalue weighted by atomic mass is 32.2. The van der Waals surface area contributed by atoms with Crippen LogP contribution in [0.2, 0.25) is 0 Å². The van der Waals surface area contributed by atoms with Crippen LogP contribution in [0.1, 0.15) is 19.8 Å². The number of sulfonamides is 1. The van der Waals surface area contributed by atoms with Gasteiger partial charge < -0.3 is 14.5 Å². The summed E-state index contributed by atoms with van der Waals surface area (Å²) >= 11 is 0. The summed E-state index contributed by atoms with van der Waals surface area (Å²) in [7, 11) is -1.73. The van der Waals surface area contributed by atoms with E-state index in [1.165, 1.54) is 4.31 Å². The number of hydrogen-bond acceptors (Lipinski definition) is 5. The highest BCUT2D eigenvalue weighted by Crippen LogP contribution is 2.20. The highest BCUT2D eigenvalue weighted by Gasteiger charge is 2.26. The Morgan fingerprint density at radius 2 is 1.77 bits per heavy atom. The molecule has 0 unspecified atom stereocenters. The predicted octanol–water partition coefficient (Wildman–Crippen LogP) is 1.41. The monoisotopic (exact) mass is 383 g/mol. The molecule has 2 rings (SSSR count). The number of hydrogen-bond donors (Lipinski definition) is 0. The van der Waals surface area contributed by atoms with Crippen LogP contribution in [0.15, 0.2) is 24.3 Å². The van der Waals surface area contributed by atoms with Gasteiger partial charge in [-0.15, -0.1) is 0 Å². The van der Waals surface area contributed by atoms with Crippen LogP contribution in [-0.4, -0.2) is 76.2 Å². The maximum absolute atomic E-state index is 12.5. The molecule has 1 saturated heterocycles. The van der Waals surface area contributed by atoms with Crippen molar-refractivity contribution in [2.75, 3.05) is 57.5 Å². The lowest BCUT2D eigenvalue weighted by atomic mass is 10.2. The van der Waals surface area contributed by atoms with Crippen LogP contribution in [-0.2, 0) is 14.8 Å². The molecule has 7 nitrogen and oxygen atoms in total. The van der Waals surface area contributed by atoms with E-state index in [0.717, 1.165) is 43.6 Å². The highest BCUT2D eigenvalue weighted by molar-refractivity contribution is 7.88. The van der Waals surface area contributed by atoms with Gasteiger partial charge in [-0.05, 0) is 30.7 Å². The molecule has 0 saturated carbocycles. The van der Waals surface area contributed by atoms with E-state index in [-0.39, 0.29) is 12.5 Å². The van der Waals surface area contributed by atoms with Gasteiger partial charge in [0.25, 0.3) is 0 Å². The lowest BCUT2D eigenvalue weighted by Gasteiger charge is -2.36. The number of piperazine rings is 1. The van der Waals surface area contributed by atoms with Gasteiger partial charge in [0.1, 0.15) is 5.75 Å². The number of anilines is 1. The van der Waals surface area contributed by atoms with E-state index in [1.807, 2.05) is 31.2 Å². The molecule has 0 bridgehead atoms. The predicted molar refractivity (Wildman–Crippen MR) is 103 cm³/mol. The number of carbonyl (C=O) groups excluding carboxylic acids is 1. The molecule has 8 heteroatoms. The van der Waals surface area contributed by atoms with Gasteiger partial charge in [0, 0.05) is 38.4 Å². The number of amides is 1. The Kier molecular flexibility index (Phi) is 7.28. The third-order valence-electron chi connectivity index (χ3n) is 4.61. The Morgan fingerprint density at radius 1 is 1.15 bits per heavy atom. The second kappa shape index (κ2) is 9.23. The van der Waals surface area contributed by atoms with Crippen LogP contribution in [0.25, 0.3) is 0 Å². The molecule has 0 aliphatic carbocycles. The quantitative estimate of drug-likeness (QED) is 0.679. The number of unbranched alkanes of at least 4 members (excludes halogenated alkanes) is 1. The fourth-order valence-electron chi connectivity index (χ4n) is 2.95. The maximum atomic E-state index is 12.5. The topological polar surface area (TPSA) is 70.2 Å². The van der Waals surface area contributed by atoms with E-state index in [0.29, 0.717) is 19.6 Å². The van der Waals surface area contributed by atoms with Crippen molar-refractivity contribution in [2.24, 2.45) is 0 Å². The lowest BCUT2D eigenvalue weighted by molar-refractivity contribution is -0.131. The summed E-state index contributed by atoms with van der Waals surface area (Å²) in [5, 5.41) is 0. The van der Waals surface area contributed by atoms with Crippen LogP contribution in [0.4, 0.5) is 5.69 Å². The summed E-state index contributed by atoms with van der Waals surface area (Å²) in [5.41, 5.74) is 1.10. The molecular formula is C18H29N3O4S. The Labute approximate surface area is 156 Å². The standard InChI is InChI=1S/C18H29N3O4S/c1-4-5-10-21(26(3,23)24)15-18(22)20-13-11-19(12-14-20)16-6-8-17(25-2)9-7-16/h6-9H,4-5,10-15H2,1-3H3. The number of benzene rings is 1. The number of ether oxygens (including phenoxy) is 1. The van der Waals surface area contributed by atoms with E-state index in [1.54, 1.807) is 12.0 Å². The van der Waals surface area contributed by atoms with Crippen molar-refractivity contribution >= 4 is 21.6 Å². The average Bonchev–Trinajstić information content (AvgIpc) is 2.64. The second-order valence-electron chi connectivity index (χ2n) is 6.52. The van der Waals surface area contributed by atoms with Crippen molar-refractivity contribution in [1.29, 1.82) is 0 Å². The zero-order valence-electron chi connectivity index (χ0n) is 15.8. The largest absolute Gasteiger partial charge is 0.497 e. The van der Waals surface area contributed by atoms with Crippen molar-refractivity contribution in [3.63, 3.8) is 0 Å². The van der Waals surface area contributed by atoms with Crippen LogP contribution in [0, 0.1) is 0 Å². The van der Waals surface area contributed by atoms with Crippen molar-refractivity contribution in [3.8, 4) is 5.75 Å². The molecule has 1 aliphatic rings. The molecule has 1 fully saturated rings. The average molecular weight is 384 g/mol. The number of nitrogens with zero attached hydrogens (tertiary/aromatic N) is 3. The zero-order valence-corrected chi connectivity index (χ0v) is 16.7. The van der Waals surface area contributed by atoms with Crippen LogP contribution in [0.5, 0.6) is 5.75 Å². The summed E-state index contributed by atoms with van der Waals surface area (Å²) in [6.07, 6.45) is 2.81. The van der Waals surface area contributed by atoms with Gasteiger partial charge in [0.2, 0.25) is 15.9 Å². The van der Waals surface area contributed by atoms with Crippen molar-refractivity contribution in [1.82, 2.24) is 9.21 Å². The Morgan fingerprint density at radius 3 is 2.27 bits per heavy atom. The summed E-state index contributed by atoms with van der Waals surface area (Å²) < 4.78 is 30.2. The van der Waals surface area contributed by atoms with E-state index >= 15 is 0 Å². The third-order valence-corrected chi connectivity index (χ3v) is 5.86.